The lowest BCUT2D eigenvalue weighted by atomic mass is 9.96. The highest BCUT2D eigenvalue weighted by Gasteiger charge is 2.17. The normalized spacial score (nSPS) is 12.5. The Morgan fingerprint density at radius 3 is 2.17 bits per heavy atom. The van der Waals surface area contributed by atoms with Crippen molar-refractivity contribution >= 4 is 34.8 Å². The van der Waals surface area contributed by atoms with Crippen LogP contribution in [-0.2, 0) is 11.2 Å². The van der Waals surface area contributed by atoms with Crippen LogP contribution in [0, 0.1) is 5.92 Å². The molecule has 0 saturated heterocycles. The Morgan fingerprint density at radius 2 is 1.51 bits per heavy atom. The lowest BCUT2D eigenvalue weighted by Gasteiger charge is -2.16. The number of hydrogen-bond donors (Lipinski definition) is 3. The van der Waals surface area contributed by atoms with Crippen LogP contribution in [0.2, 0.25) is 0 Å². The Hall–Kier alpha value is -3.51. The summed E-state index contributed by atoms with van der Waals surface area (Å²) in [5.41, 5.74) is 4.35. The summed E-state index contributed by atoms with van der Waals surface area (Å²) in [7, 11) is 0. The summed E-state index contributed by atoms with van der Waals surface area (Å²) >= 11 is 5.35. The van der Waals surface area contributed by atoms with Gasteiger partial charge in [-0.25, -0.2) is 0 Å². The van der Waals surface area contributed by atoms with Crippen LogP contribution in [0.15, 0.2) is 78.9 Å². The molecule has 0 aromatic heterocycles. The Labute approximate surface area is 213 Å². The number of anilines is 1. The largest absolute Gasteiger partial charge is 0.346 e. The van der Waals surface area contributed by atoms with Gasteiger partial charge in [-0.2, -0.15) is 0 Å². The number of thiocarbonyl (C=S) groups is 1. The first-order valence-electron chi connectivity index (χ1n) is 11.9. The summed E-state index contributed by atoms with van der Waals surface area (Å²) in [6.45, 7) is 8.17. The molecule has 182 valence electrons. The molecule has 0 aliphatic rings. The van der Waals surface area contributed by atoms with E-state index in [-0.39, 0.29) is 28.9 Å². The van der Waals surface area contributed by atoms with Gasteiger partial charge < -0.3 is 16.0 Å². The van der Waals surface area contributed by atoms with Gasteiger partial charge in [-0.15, -0.1) is 0 Å². The third kappa shape index (κ3) is 7.76. The Kier molecular flexibility index (Phi) is 9.15. The second kappa shape index (κ2) is 12.3. The molecule has 3 aromatic rings. The van der Waals surface area contributed by atoms with E-state index in [4.69, 9.17) is 12.2 Å². The predicted molar refractivity (Wildman–Crippen MR) is 147 cm³/mol. The zero-order valence-corrected chi connectivity index (χ0v) is 21.5. The third-order valence-electron chi connectivity index (χ3n) is 5.78. The molecule has 0 heterocycles. The lowest BCUT2D eigenvalue weighted by Crippen LogP contribution is -2.36. The molecule has 0 radical (unpaired) electrons. The van der Waals surface area contributed by atoms with E-state index >= 15 is 0 Å². The number of carbonyl (C=O) groups excluding carboxylic acids is 2. The standard InChI is InChI=1S/C29H33N3O2S/c1-19(2)17-22-13-15-23(16-14-22)20(3)27(33)32-29(35)31-26-12-8-11-25(18-26)28(34)30-21(4)24-9-6-5-7-10-24/h5-16,18-21H,17H2,1-4H3,(H,30,34)(H2,31,32,33,35). The minimum Gasteiger partial charge on any atom is -0.346 e. The van der Waals surface area contributed by atoms with E-state index in [9.17, 15) is 9.59 Å². The van der Waals surface area contributed by atoms with Crippen LogP contribution in [-0.4, -0.2) is 16.9 Å². The fourth-order valence-corrected chi connectivity index (χ4v) is 4.01. The van der Waals surface area contributed by atoms with E-state index in [1.807, 2.05) is 56.3 Å². The predicted octanol–water partition coefficient (Wildman–Crippen LogP) is 5.99. The van der Waals surface area contributed by atoms with Crippen molar-refractivity contribution in [2.75, 3.05) is 5.32 Å². The molecular weight excluding hydrogens is 454 g/mol. The Bertz CT molecular complexity index is 1160. The molecule has 5 nitrogen and oxygen atoms in total. The summed E-state index contributed by atoms with van der Waals surface area (Å²) in [6.07, 6.45) is 1.01. The fraction of sp³-hybridized carbons (Fsp3) is 0.276. The van der Waals surface area contributed by atoms with Gasteiger partial charge >= 0.3 is 0 Å². The zero-order valence-electron chi connectivity index (χ0n) is 20.7. The van der Waals surface area contributed by atoms with Crippen molar-refractivity contribution in [1.29, 1.82) is 0 Å². The number of benzene rings is 3. The van der Waals surface area contributed by atoms with Gasteiger partial charge in [0.05, 0.1) is 12.0 Å². The summed E-state index contributed by atoms with van der Waals surface area (Å²) in [4.78, 5) is 25.5. The van der Waals surface area contributed by atoms with Crippen molar-refractivity contribution in [1.82, 2.24) is 10.6 Å². The maximum Gasteiger partial charge on any atom is 0.251 e. The molecule has 3 aromatic carbocycles. The van der Waals surface area contributed by atoms with Gasteiger partial charge in [0.25, 0.3) is 5.91 Å². The van der Waals surface area contributed by atoms with Crippen molar-refractivity contribution < 1.29 is 9.59 Å². The maximum atomic E-state index is 12.7. The average molecular weight is 488 g/mol. The molecule has 2 unspecified atom stereocenters. The van der Waals surface area contributed by atoms with Gasteiger partial charge in [0.1, 0.15) is 0 Å². The third-order valence-corrected chi connectivity index (χ3v) is 5.99. The van der Waals surface area contributed by atoms with Crippen LogP contribution >= 0.6 is 12.2 Å². The van der Waals surface area contributed by atoms with E-state index in [0.29, 0.717) is 17.2 Å². The van der Waals surface area contributed by atoms with Gasteiger partial charge in [-0.3, -0.25) is 9.59 Å². The zero-order chi connectivity index (χ0) is 25.4. The number of carbonyl (C=O) groups is 2. The molecule has 6 heteroatoms. The van der Waals surface area contributed by atoms with Gasteiger partial charge in [0.2, 0.25) is 5.91 Å². The van der Waals surface area contributed by atoms with Crippen molar-refractivity contribution in [3.05, 3.63) is 101 Å². The smallest absolute Gasteiger partial charge is 0.251 e. The summed E-state index contributed by atoms with van der Waals surface area (Å²) in [6, 6.07) is 24.8. The number of nitrogens with one attached hydrogen (secondary N) is 3. The SMILES string of the molecule is CC(C)Cc1ccc(C(C)C(=O)NC(=S)Nc2cccc(C(=O)NC(C)c3ccccc3)c2)cc1. The van der Waals surface area contributed by atoms with Crippen molar-refractivity contribution in [3.8, 4) is 0 Å². The Morgan fingerprint density at radius 1 is 0.829 bits per heavy atom. The Balaban J connectivity index is 1.56. The summed E-state index contributed by atoms with van der Waals surface area (Å²) in [5, 5.41) is 8.96. The average Bonchev–Trinajstić information content (AvgIpc) is 2.84. The van der Waals surface area contributed by atoms with Gasteiger partial charge in [0, 0.05) is 11.3 Å². The van der Waals surface area contributed by atoms with Crippen LogP contribution in [0.4, 0.5) is 5.69 Å². The molecule has 0 aliphatic carbocycles. The lowest BCUT2D eigenvalue weighted by molar-refractivity contribution is -0.120. The maximum absolute atomic E-state index is 12.7. The fourth-order valence-electron chi connectivity index (χ4n) is 3.79. The number of amides is 2. The van der Waals surface area contributed by atoms with Crippen LogP contribution in [0.1, 0.15) is 66.7 Å². The summed E-state index contributed by atoms with van der Waals surface area (Å²) < 4.78 is 0. The first kappa shape index (κ1) is 26.1. The van der Waals surface area contributed by atoms with Gasteiger partial charge in [-0.05, 0) is 73.3 Å². The highest BCUT2D eigenvalue weighted by Crippen LogP contribution is 2.18. The van der Waals surface area contributed by atoms with E-state index < -0.39 is 0 Å². The second-order valence-corrected chi connectivity index (χ2v) is 9.60. The number of rotatable bonds is 8. The van der Waals surface area contributed by atoms with Crippen molar-refractivity contribution in [2.24, 2.45) is 5.92 Å². The molecule has 2 amide bonds. The highest BCUT2D eigenvalue weighted by atomic mass is 32.1. The topological polar surface area (TPSA) is 70.2 Å². The quantitative estimate of drug-likeness (QED) is 0.341. The highest BCUT2D eigenvalue weighted by molar-refractivity contribution is 7.80. The van der Waals surface area contributed by atoms with Crippen LogP contribution in [0.3, 0.4) is 0 Å². The van der Waals surface area contributed by atoms with Crippen LogP contribution < -0.4 is 16.0 Å². The van der Waals surface area contributed by atoms with Gasteiger partial charge in [-0.1, -0.05) is 74.5 Å². The molecule has 0 spiro atoms. The van der Waals surface area contributed by atoms with Gasteiger partial charge in [0.15, 0.2) is 5.11 Å². The second-order valence-electron chi connectivity index (χ2n) is 9.19. The first-order valence-corrected chi connectivity index (χ1v) is 12.3. The van der Waals surface area contributed by atoms with Crippen LogP contribution in [0.5, 0.6) is 0 Å². The minimum atomic E-state index is -0.348. The first-order chi connectivity index (χ1) is 16.7. The van der Waals surface area contributed by atoms with Crippen molar-refractivity contribution in [2.45, 2.75) is 46.1 Å². The molecule has 0 fully saturated rings. The van der Waals surface area contributed by atoms with E-state index in [2.05, 4.69) is 41.9 Å². The number of hydrogen-bond acceptors (Lipinski definition) is 3. The van der Waals surface area contributed by atoms with E-state index in [1.54, 1.807) is 24.3 Å². The summed E-state index contributed by atoms with van der Waals surface area (Å²) in [5.74, 6) is -0.138. The molecule has 3 rings (SSSR count). The van der Waals surface area contributed by atoms with Crippen LogP contribution in [0.25, 0.3) is 0 Å². The van der Waals surface area contributed by atoms with E-state index in [1.165, 1.54) is 5.56 Å². The monoisotopic (exact) mass is 487 g/mol. The molecule has 2 atom stereocenters. The molecular formula is C29H33N3O2S. The minimum absolute atomic E-state index is 0.124. The van der Waals surface area contributed by atoms with E-state index in [0.717, 1.165) is 17.5 Å². The molecule has 0 bridgehead atoms. The molecule has 0 saturated carbocycles. The molecule has 3 N–H and O–H groups in total. The molecule has 35 heavy (non-hydrogen) atoms. The molecule has 0 aliphatic heterocycles. The van der Waals surface area contributed by atoms with Crippen molar-refractivity contribution in [3.63, 3.8) is 0 Å².